The third kappa shape index (κ3) is 16.4. The Kier molecular flexibility index (Phi) is 27.2. The Morgan fingerprint density at radius 1 is 1.12 bits per heavy atom. The molecule has 0 saturated carbocycles. The Morgan fingerprint density at radius 2 is 1.56 bits per heavy atom. The summed E-state index contributed by atoms with van der Waals surface area (Å²) in [4.78, 5) is 0. The van der Waals surface area contributed by atoms with E-state index >= 15 is 0 Å². The first kappa shape index (κ1) is 25.0. The molecule has 0 heterocycles. The van der Waals surface area contributed by atoms with E-state index in [0.717, 1.165) is 0 Å². The van der Waals surface area contributed by atoms with Crippen LogP contribution in [0, 0.1) is 26.5 Å². The second kappa shape index (κ2) is 17.4. The second-order valence-electron chi connectivity index (χ2n) is 2.74. The van der Waals surface area contributed by atoms with E-state index < -0.39 is 0 Å². The van der Waals surface area contributed by atoms with Gasteiger partial charge in [-0.15, -0.1) is 0 Å². The molecular weight excluding hydrogens is 275 g/mol. The largest absolute Gasteiger partial charge is 4.00 e. The van der Waals surface area contributed by atoms with Gasteiger partial charge < -0.3 is 24.8 Å². The molecular formula is C13H16Cl2Ti. The molecule has 3 heteroatoms. The van der Waals surface area contributed by atoms with Gasteiger partial charge in [0.2, 0.25) is 0 Å². The monoisotopic (exact) mass is 290 g/mol. The van der Waals surface area contributed by atoms with Crippen LogP contribution in [0.15, 0.2) is 36.4 Å². The summed E-state index contributed by atoms with van der Waals surface area (Å²) in [7, 11) is 0. The third-order valence-electron chi connectivity index (χ3n) is 1.39. The summed E-state index contributed by atoms with van der Waals surface area (Å²) in [5.41, 5.74) is 2.43. The van der Waals surface area contributed by atoms with Gasteiger partial charge in [-0.05, 0) is 0 Å². The van der Waals surface area contributed by atoms with Gasteiger partial charge in [-0.3, -0.25) is 6.58 Å². The molecule has 0 aliphatic rings. The topological polar surface area (TPSA) is 0 Å². The fraction of sp³-hybridized carbons (Fsp3) is 0.231. The van der Waals surface area contributed by atoms with Crippen LogP contribution in [0.3, 0.4) is 0 Å². The van der Waals surface area contributed by atoms with Crippen molar-refractivity contribution in [2.45, 2.75) is 20.8 Å². The van der Waals surface area contributed by atoms with Crippen molar-refractivity contribution in [3.05, 3.63) is 60.2 Å². The summed E-state index contributed by atoms with van der Waals surface area (Å²) in [6, 6.07) is 9.31. The van der Waals surface area contributed by atoms with Crippen LogP contribution in [0.5, 0.6) is 0 Å². The Bertz CT molecular complexity index is 266. The van der Waals surface area contributed by atoms with Crippen LogP contribution in [-0.4, -0.2) is 0 Å². The molecule has 0 aliphatic carbocycles. The Morgan fingerprint density at radius 3 is 1.69 bits per heavy atom. The number of hydrogen-bond acceptors (Lipinski definition) is 0. The maximum Gasteiger partial charge on any atom is 4.00 e. The van der Waals surface area contributed by atoms with Crippen molar-refractivity contribution in [3.63, 3.8) is 0 Å². The molecule has 1 aromatic rings. The van der Waals surface area contributed by atoms with Crippen molar-refractivity contribution in [1.29, 1.82) is 0 Å². The van der Waals surface area contributed by atoms with Crippen molar-refractivity contribution >= 4 is 0 Å². The van der Waals surface area contributed by atoms with Gasteiger partial charge in [0, 0.05) is 0 Å². The Labute approximate surface area is 127 Å². The summed E-state index contributed by atoms with van der Waals surface area (Å²) in [5.74, 6) is 0. The summed E-state index contributed by atoms with van der Waals surface area (Å²) in [6.45, 7) is 10.9. The van der Waals surface area contributed by atoms with E-state index in [2.05, 4.69) is 6.07 Å². The Hall–Kier alpha value is -0.00571. The first-order chi connectivity index (χ1) is 6.20. The first-order valence-corrected chi connectivity index (χ1v) is 4.32. The average Bonchev–Trinajstić information content (AvgIpc) is 2.06. The first-order valence-electron chi connectivity index (χ1n) is 4.32. The van der Waals surface area contributed by atoms with Crippen LogP contribution in [0.1, 0.15) is 18.1 Å². The minimum Gasteiger partial charge on any atom is -1.00 e. The summed E-state index contributed by atoms with van der Waals surface area (Å²) < 4.78 is 0. The van der Waals surface area contributed by atoms with Crippen molar-refractivity contribution < 1.29 is 46.5 Å². The van der Waals surface area contributed by atoms with Crippen LogP contribution in [0.4, 0.5) is 0 Å². The molecule has 0 saturated heterocycles. The van der Waals surface area contributed by atoms with E-state index in [1.54, 1.807) is 6.08 Å². The van der Waals surface area contributed by atoms with Crippen molar-refractivity contribution in [2.75, 3.05) is 0 Å². The van der Waals surface area contributed by atoms with Gasteiger partial charge >= 0.3 is 21.7 Å². The van der Waals surface area contributed by atoms with Crippen LogP contribution in [0.25, 0.3) is 0 Å². The molecule has 0 amide bonds. The predicted molar refractivity (Wildman–Crippen MR) is 58.4 cm³/mol. The van der Waals surface area contributed by atoms with Crippen LogP contribution in [-0.2, 0) is 21.7 Å². The van der Waals surface area contributed by atoms with Gasteiger partial charge in [0.15, 0.2) is 0 Å². The van der Waals surface area contributed by atoms with Gasteiger partial charge in [0.1, 0.15) is 0 Å². The van der Waals surface area contributed by atoms with E-state index in [4.69, 9.17) is 6.58 Å². The summed E-state index contributed by atoms with van der Waals surface area (Å²) in [6.07, 6.45) is 5.15. The standard InChI is InChI=1S/C8H9.C5H7.2ClH.Ti/c1-7-4-3-5-8(2)6-7;1-3-5-4-2;;;/h3-5H,1-2H3;1,3-5H,2H3;2*1H;/q2*-1;;;+4/p-2. The zero-order valence-corrected chi connectivity index (χ0v) is 12.9. The minimum absolute atomic E-state index is 0. The normalized spacial score (nSPS) is 7.44. The van der Waals surface area contributed by atoms with Crippen LogP contribution < -0.4 is 24.8 Å². The molecule has 0 nitrogen and oxygen atoms in total. The SMILES string of the molecule is Cc1[c-]c(C)ccc1.[CH-]=CC=CC.[Cl-].[Cl-].[Ti+4]. The fourth-order valence-electron chi connectivity index (χ4n) is 0.842. The molecule has 1 aromatic carbocycles. The minimum atomic E-state index is 0. The molecule has 0 aromatic heterocycles. The van der Waals surface area contributed by atoms with Crippen molar-refractivity contribution in [1.82, 2.24) is 0 Å². The van der Waals surface area contributed by atoms with Crippen molar-refractivity contribution in [2.24, 2.45) is 0 Å². The summed E-state index contributed by atoms with van der Waals surface area (Å²) in [5, 5.41) is 0. The number of hydrogen-bond donors (Lipinski definition) is 0. The number of aryl methyl sites for hydroxylation is 2. The third-order valence-corrected chi connectivity index (χ3v) is 1.39. The number of benzene rings is 1. The number of allylic oxidation sites excluding steroid dienone is 3. The maximum absolute atomic E-state index is 4.93. The average molecular weight is 291 g/mol. The van der Waals surface area contributed by atoms with E-state index in [1.807, 2.05) is 45.0 Å². The molecule has 1 rings (SSSR count). The van der Waals surface area contributed by atoms with Gasteiger partial charge in [-0.2, -0.15) is 41.5 Å². The molecule has 86 valence electrons. The Balaban J connectivity index is -0.0000000818. The quantitative estimate of drug-likeness (QED) is 0.309. The smallest absolute Gasteiger partial charge is 1.00 e. The van der Waals surface area contributed by atoms with Gasteiger partial charge in [-0.25, -0.2) is 12.2 Å². The van der Waals surface area contributed by atoms with E-state index in [0.29, 0.717) is 0 Å². The number of halogens is 2. The molecule has 0 radical (unpaired) electrons. The van der Waals surface area contributed by atoms with E-state index in [-0.39, 0.29) is 46.5 Å². The van der Waals surface area contributed by atoms with Gasteiger partial charge in [0.25, 0.3) is 0 Å². The molecule has 0 fully saturated rings. The van der Waals surface area contributed by atoms with Crippen molar-refractivity contribution in [3.8, 4) is 0 Å². The van der Waals surface area contributed by atoms with Gasteiger partial charge in [0.05, 0.1) is 0 Å². The molecule has 0 unspecified atom stereocenters. The van der Waals surface area contributed by atoms with Crippen LogP contribution >= 0.6 is 0 Å². The zero-order valence-electron chi connectivity index (χ0n) is 9.80. The van der Waals surface area contributed by atoms with E-state index in [1.165, 1.54) is 17.2 Å². The molecule has 0 atom stereocenters. The maximum atomic E-state index is 4.93. The molecule has 0 N–H and O–H groups in total. The molecule has 16 heavy (non-hydrogen) atoms. The fourth-order valence-corrected chi connectivity index (χ4v) is 0.842. The van der Waals surface area contributed by atoms with Crippen LogP contribution in [0.2, 0.25) is 0 Å². The number of rotatable bonds is 1. The van der Waals surface area contributed by atoms with Gasteiger partial charge in [-0.1, -0.05) is 20.8 Å². The zero-order chi connectivity index (χ0) is 10.1. The molecule has 0 bridgehead atoms. The molecule has 0 spiro atoms. The predicted octanol–water partition coefficient (Wildman–Crippen LogP) is -2.34. The summed E-state index contributed by atoms with van der Waals surface area (Å²) >= 11 is 0. The van der Waals surface area contributed by atoms with E-state index in [9.17, 15) is 0 Å². The molecule has 0 aliphatic heterocycles. The second-order valence-corrected chi connectivity index (χ2v) is 2.74.